The number of hydrogen-bond donors (Lipinski definition) is 1. The summed E-state index contributed by atoms with van der Waals surface area (Å²) in [6, 6.07) is 9.79. The van der Waals surface area contributed by atoms with Crippen molar-refractivity contribution >= 4 is 0 Å². The normalized spacial score (nSPS) is 11.2. The predicted molar refractivity (Wildman–Crippen MR) is 81.8 cm³/mol. The minimum atomic E-state index is 0.313. The maximum atomic E-state index is 5.62. The third-order valence-corrected chi connectivity index (χ3v) is 2.96. The van der Waals surface area contributed by atoms with E-state index in [1.807, 2.05) is 30.3 Å². The molecule has 5 nitrogen and oxygen atoms in total. The van der Waals surface area contributed by atoms with Crippen LogP contribution >= 0.6 is 0 Å². The van der Waals surface area contributed by atoms with Gasteiger partial charge in [0.2, 0.25) is 11.8 Å². The molecule has 1 aromatic carbocycles. The van der Waals surface area contributed by atoms with E-state index < -0.39 is 0 Å². The highest BCUT2D eigenvalue weighted by Gasteiger charge is 2.07. The van der Waals surface area contributed by atoms with Crippen molar-refractivity contribution in [3.8, 4) is 11.5 Å². The first kappa shape index (κ1) is 15.7. The van der Waals surface area contributed by atoms with Gasteiger partial charge in [0.15, 0.2) is 0 Å². The fourth-order valence-electron chi connectivity index (χ4n) is 1.89. The van der Waals surface area contributed by atoms with E-state index in [2.05, 4.69) is 29.4 Å². The lowest BCUT2D eigenvalue weighted by Gasteiger charge is -2.06. The highest BCUT2D eigenvalue weighted by Crippen LogP contribution is 2.16. The third-order valence-electron chi connectivity index (χ3n) is 2.96. The number of ether oxygens (including phenoxy) is 1. The van der Waals surface area contributed by atoms with Gasteiger partial charge < -0.3 is 14.5 Å². The van der Waals surface area contributed by atoms with Gasteiger partial charge in [-0.1, -0.05) is 18.2 Å². The molecule has 2 aromatic rings. The number of aromatic nitrogens is 2. The lowest BCUT2D eigenvalue weighted by Crippen LogP contribution is -2.15. The number of nitrogens with zero attached hydrogens (tertiary/aromatic N) is 2. The topological polar surface area (TPSA) is 60.2 Å². The Balaban J connectivity index is 1.65. The Bertz CT molecular complexity index is 511. The summed E-state index contributed by atoms with van der Waals surface area (Å²) in [5.74, 6) is 1.19. The lowest BCUT2D eigenvalue weighted by atomic mass is 10.2. The van der Waals surface area contributed by atoms with Crippen LogP contribution in [0, 0.1) is 0 Å². The van der Waals surface area contributed by atoms with Crippen LogP contribution in [-0.4, -0.2) is 29.5 Å². The molecule has 114 valence electrons. The van der Waals surface area contributed by atoms with Crippen LogP contribution in [0.4, 0.5) is 0 Å². The number of unbranched alkanes of at least 4 members (excludes halogenated alkanes) is 1. The van der Waals surface area contributed by atoms with Crippen molar-refractivity contribution in [2.75, 3.05) is 13.2 Å². The molecule has 5 heteroatoms. The van der Waals surface area contributed by atoms with Gasteiger partial charge >= 0.3 is 0 Å². The Hall–Kier alpha value is -1.72. The van der Waals surface area contributed by atoms with Crippen LogP contribution in [0.5, 0.6) is 0 Å². The molecule has 0 bridgehead atoms. The van der Waals surface area contributed by atoms with Crippen LogP contribution in [0.15, 0.2) is 34.7 Å². The first-order chi connectivity index (χ1) is 10.3. The Morgan fingerprint density at radius 1 is 1.14 bits per heavy atom. The van der Waals surface area contributed by atoms with E-state index in [-0.39, 0.29) is 0 Å². The Morgan fingerprint density at radius 2 is 1.95 bits per heavy atom. The molecule has 0 aliphatic heterocycles. The molecule has 0 spiro atoms. The van der Waals surface area contributed by atoms with E-state index in [0.29, 0.717) is 24.4 Å². The van der Waals surface area contributed by atoms with Crippen molar-refractivity contribution in [2.24, 2.45) is 0 Å². The second-order valence-electron chi connectivity index (χ2n) is 5.17. The van der Waals surface area contributed by atoms with Crippen molar-refractivity contribution in [3.05, 3.63) is 36.2 Å². The average molecular weight is 289 g/mol. The zero-order chi connectivity index (χ0) is 14.9. The van der Waals surface area contributed by atoms with Crippen molar-refractivity contribution in [3.63, 3.8) is 0 Å². The summed E-state index contributed by atoms with van der Waals surface area (Å²) in [5, 5.41) is 11.4. The molecule has 0 aliphatic carbocycles. The summed E-state index contributed by atoms with van der Waals surface area (Å²) in [5.41, 5.74) is 0.946. The number of nitrogens with one attached hydrogen (secondary N) is 1. The summed E-state index contributed by atoms with van der Waals surface area (Å²) >= 11 is 0. The third kappa shape index (κ3) is 5.65. The van der Waals surface area contributed by atoms with Gasteiger partial charge in [-0.2, -0.15) is 0 Å². The van der Waals surface area contributed by atoms with E-state index >= 15 is 0 Å². The monoisotopic (exact) mass is 289 g/mol. The van der Waals surface area contributed by atoms with Crippen LogP contribution in [0.1, 0.15) is 32.6 Å². The lowest BCUT2D eigenvalue weighted by molar-refractivity contribution is 0.0760. The summed E-state index contributed by atoms with van der Waals surface area (Å²) in [4.78, 5) is 0. The molecule has 0 amide bonds. The van der Waals surface area contributed by atoms with Gasteiger partial charge in [-0.05, 0) is 45.4 Å². The molecule has 0 unspecified atom stereocenters. The molecule has 21 heavy (non-hydrogen) atoms. The van der Waals surface area contributed by atoms with Crippen molar-refractivity contribution in [1.29, 1.82) is 0 Å². The second kappa shape index (κ2) is 8.54. The van der Waals surface area contributed by atoms with Crippen LogP contribution in [0.3, 0.4) is 0 Å². The largest absolute Gasteiger partial charge is 0.419 e. The van der Waals surface area contributed by atoms with E-state index in [4.69, 9.17) is 9.15 Å². The Morgan fingerprint density at radius 3 is 2.71 bits per heavy atom. The van der Waals surface area contributed by atoms with Gasteiger partial charge in [0.25, 0.3) is 0 Å². The van der Waals surface area contributed by atoms with Gasteiger partial charge in [-0.25, -0.2) is 0 Å². The number of rotatable bonds is 9. The maximum Gasteiger partial charge on any atom is 0.247 e. The average Bonchev–Trinajstić information content (AvgIpc) is 2.96. The van der Waals surface area contributed by atoms with Gasteiger partial charge in [0, 0.05) is 12.2 Å². The summed E-state index contributed by atoms with van der Waals surface area (Å²) < 4.78 is 11.1. The summed E-state index contributed by atoms with van der Waals surface area (Å²) in [6.07, 6.45) is 2.45. The Labute approximate surface area is 125 Å². The van der Waals surface area contributed by atoms with Gasteiger partial charge in [-0.3, -0.25) is 0 Å². The van der Waals surface area contributed by atoms with Crippen LogP contribution < -0.4 is 5.32 Å². The fourth-order valence-corrected chi connectivity index (χ4v) is 1.89. The molecule has 0 saturated carbocycles. The van der Waals surface area contributed by atoms with E-state index in [1.165, 1.54) is 0 Å². The molecule has 0 radical (unpaired) electrons. The first-order valence-corrected chi connectivity index (χ1v) is 7.46. The molecule has 1 heterocycles. The van der Waals surface area contributed by atoms with Gasteiger partial charge in [0.05, 0.1) is 12.6 Å². The quantitative estimate of drug-likeness (QED) is 0.719. The van der Waals surface area contributed by atoms with Gasteiger partial charge in [-0.15, -0.1) is 10.2 Å². The van der Waals surface area contributed by atoms with E-state index in [1.54, 1.807) is 0 Å². The molecule has 2 rings (SSSR count). The molecular weight excluding hydrogens is 266 g/mol. The summed E-state index contributed by atoms with van der Waals surface area (Å²) in [6.45, 7) is 6.45. The fraction of sp³-hybridized carbons (Fsp3) is 0.500. The van der Waals surface area contributed by atoms with E-state index in [0.717, 1.165) is 31.6 Å². The Kier molecular flexibility index (Phi) is 6.37. The maximum absolute atomic E-state index is 5.62. The summed E-state index contributed by atoms with van der Waals surface area (Å²) in [7, 11) is 0. The molecule has 0 atom stereocenters. The van der Waals surface area contributed by atoms with Crippen LogP contribution in [0.2, 0.25) is 0 Å². The standard InChI is InChI=1S/C16H23N3O2/c1-13(2)20-11-7-6-10-17-12-15-18-19-16(21-15)14-8-4-3-5-9-14/h3-5,8-9,13,17H,6-7,10-12H2,1-2H3. The smallest absolute Gasteiger partial charge is 0.247 e. The molecule has 1 N–H and O–H groups in total. The number of hydrogen-bond acceptors (Lipinski definition) is 5. The molecular formula is C16H23N3O2. The highest BCUT2D eigenvalue weighted by atomic mass is 16.5. The molecule has 0 fully saturated rings. The second-order valence-corrected chi connectivity index (χ2v) is 5.17. The first-order valence-electron chi connectivity index (χ1n) is 7.46. The molecule has 0 saturated heterocycles. The number of benzene rings is 1. The molecule has 1 aromatic heterocycles. The van der Waals surface area contributed by atoms with Crippen molar-refractivity contribution in [2.45, 2.75) is 39.3 Å². The van der Waals surface area contributed by atoms with Crippen LogP contribution in [-0.2, 0) is 11.3 Å². The predicted octanol–water partition coefficient (Wildman–Crippen LogP) is 3.03. The van der Waals surface area contributed by atoms with Crippen LogP contribution in [0.25, 0.3) is 11.5 Å². The molecule has 0 aliphatic rings. The SMILES string of the molecule is CC(C)OCCCCNCc1nnc(-c2ccccc2)o1. The highest BCUT2D eigenvalue weighted by molar-refractivity contribution is 5.51. The minimum Gasteiger partial charge on any atom is -0.419 e. The minimum absolute atomic E-state index is 0.313. The van der Waals surface area contributed by atoms with Gasteiger partial charge in [0.1, 0.15) is 0 Å². The van der Waals surface area contributed by atoms with E-state index in [9.17, 15) is 0 Å². The van der Waals surface area contributed by atoms with Crippen molar-refractivity contribution < 1.29 is 9.15 Å². The zero-order valence-corrected chi connectivity index (χ0v) is 12.7. The van der Waals surface area contributed by atoms with Crippen molar-refractivity contribution in [1.82, 2.24) is 15.5 Å². The zero-order valence-electron chi connectivity index (χ0n) is 12.7.